The predicted octanol–water partition coefficient (Wildman–Crippen LogP) is 3.48. The lowest BCUT2D eigenvalue weighted by atomic mass is 10.1. The molecule has 2 rings (SSSR count). The normalized spacial score (nSPS) is 10.2. The molecule has 21 heavy (non-hydrogen) atoms. The molecule has 0 heterocycles. The SMILES string of the molecule is CSc1ccccc1Oc1cc(N)ccc1C(=O)N(C)C. The quantitative estimate of drug-likeness (QED) is 0.694. The van der Waals surface area contributed by atoms with Crippen molar-refractivity contribution in [2.75, 3.05) is 26.1 Å². The summed E-state index contributed by atoms with van der Waals surface area (Å²) in [4.78, 5) is 14.7. The third-order valence-electron chi connectivity index (χ3n) is 2.93. The summed E-state index contributed by atoms with van der Waals surface area (Å²) in [6, 6.07) is 12.8. The number of hydrogen-bond acceptors (Lipinski definition) is 4. The lowest BCUT2D eigenvalue weighted by Crippen LogP contribution is -2.22. The van der Waals surface area contributed by atoms with Crippen LogP contribution in [0.1, 0.15) is 10.4 Å². The first-order valence-corrected chi connectivity index (χ1v) is 7.67. The molecule has 0 atom stereocenters. The van der Waals surface area contributed by atoms with E-state index in [1.54, 1.807) is 44.1 Å². The topological polar surface area (TPSA) is 55.6 Å². The number of benzene rings is 2. The van der Waals surface area contributed by atoms with E-state index in [1.165, 1.54) is 4.90 Å². The largest absolute Gasteiger partial charge is 0.455 e. The maximum atomic E-state index is 12.2. The summed E-state index contributed by atoms with van der Waals surface area (Å²) in [6.45, 7) is 0. The fourth-order valence-corrected chi connectivity index (χ4v) is 2.39. The van der Waals surface area contributed by atoms with Crippen molar-refractivity contribution in [1.82, 2.24) is 4.90 Å². The van der Waals surface area contributed by atoms with Gasteiger partial charge in [-0.1, -0.05) is 12.1 Å². The Hall–Kier alpha value is -2.14. The van der Waals surface area contributed by atoms with Crippen molar-refractivity contribution >= 4 is 23.4 Å². The minimum atomic E-state index is -0.119. The van der Waals surface area contributed by atoms with Gasteiger partial charge in [0.25, 0.3) is 5.91 Å². The van der Waals surface area contributed by atoms with Crippen LogP contribution in [0.25, 0.3) is 0 Å². The van der Waals surface area contributed by atoms with Crippen LogP contribution in [0.15, 0.2) is 47.4 Å². The highest BCUT2D eigenvalue weighted by Crippen LogP contribution is 2.34. The van der Waals surface area contributed by atoms with Gasteiger partial charge in [-0.3, -0.25) is 4.79 Å². The minimum absolute atomic E-state index is 0.119. The number of anilines is 1. The van der Waals surface area contributed by atoms with Gasteiger partial charge < -0.3 is 15.4 Å². The third-order valence-corrected chi connectivity index (χ3v) is 3.71. The Morgan fingerprint density at radius 3 is 2.52 bits per heavy atom. The molecule has 2 aromatic carbocycles. The molecule has 0 bridgehead atoms. The summed E-state index contributed by atoms with van der Waals surface area (Å²) < 4.78 is 5.94. The Morgan fingerprint density at radius 1 is 1.14 bits per heavy atom. The molecule has 2 aromatic rings. The molecule has 0 aliphatic heterocycles. The van der Waals surface area contributed by atoms with E-state index in [0.717, 1.165) is 4.90 Å². The van der Waals surface area contributed by atoms with Crippen LogP contribution in [0, 0.1) is 0 Å². The standard InChI is InChI=1S/C16H18N2O2S/c1-18(2)16(19)12-9-8-11(17)10-14(12)20-13-6-4-5-7-15(13)21-3/h4-10H,17H2,1-3H3. The first-order chi connectivity index (χ1) is 10.0. The van der Waals surface area contributed by atoms with E-state index in [4.69, 9.17) is 10.5 Å². The first-order valence-electron chi connectivity index (χ1n) is 6.45. The van der Waals surface area contributed by atoms with Crippen LogP contribution in [0.3, 0.4) is 0 Å². The molecule has 0 aliphatic carbocycles. The van der Waals surface area contributed by atoms with Crippen molar-refractivity contribution in [3.8, 4) is 11.5 Å². The number of thioether (sulfide) groups is 1. The smallest absolute Gasteiger partial charge is 0.257 e. The molecule has 110 valence electrons. The van der Waals surface area contributed by atoms with E-state index in [-0.39, 0.29) is 5.91 Å². The van der Waals surface area contributed by atoms with Gasteiger partial charge in [0.1, 0.15) is 11.5 Å². The first kappa shape index (κ1) is 15.3. The molecule has 0 saturated heterocycles. The monoisotopic (exact) mass is 302 g/mol. The van der Waals surface area contributed by atoms with Gasteiger partial charge >= 0.3 is 0 Å². The van der Waals surface area contributed by atoms with Crippen molar-refractivity contribution in [2.24, 2.45) is 0 Å². The Bertz CT molecular complexity index is 656. The maximum absolute atomic E-state index is 12.2. The fraction of sp³-hybridized carbons (Fsp3) is 0.188. The number of para-hydroxylation sites is 1. The van der Waals surface area contributed by atoms with Crippen LogP contribution in [-0.2, 0) is 0 Å². The summed E-state index contributed by atoms with van der Waals surface area (Å²) in [7, 11) is 3.41. The molecule has 0 aliphatic rings. The second-order valence-corrected chi connectivity index (χ2v) is 5.56. The van der Waals surface area contributed by atoms with Crippen LogP contribution < -0.4 is 10.5 Å². The molecule has 1 amide bonds. The summed E-state index contributed by atoms with van der Waals surface area (Å²) in [6.07, 6.45) is 1.98. The molecule has 5 heteroatoms. The Morgan fingerprint density at radius 2 is 1.86 bits per heavy atom. The van der Waals surface area contributed by atoms with Crippen molar-refractivity contribution in [1.29, 1.82) is 0 Å². The number of nitrogens with zero attached hydrogens (tertiary/aromatic N) is 1. The summed E-state index contributed by atoms with van der Waals surface area (Å²) in [5.74, 6) is 1.06. The number of nitrogen functional groups attached to an aromatic ring is 1. The van der Waals surface area contributed by atoms with Crippen molar-refractivity contribution in [3.63, 3.8) is 0 Å². The van der Waals surface area contributed by atoms with Gasteiger partial charge in [0.05, 0.1) is 5.56 Å². The molecule has 2 N–H and O–H groups in total. The maximum Gasteiger partial charge on any atom is 0.257 e. The van der Waals surface area contributed by atoms with E-state index in [1.807, 2.05) is 30.5 Å². The molecule has 0 fully saturated rings. The Balaban J connectivity index is 2.43. The highest BCUT2D eigenvalue weighted by molar-refractivity contribution is 7.98. The molecule has 0 spiro atoms. The molecular weight excluding hydrogens is 284 g/mol. The summed E-state index contributed by atoms with van der Waals surface area (Å²) in [5.41, 5.74) is 6.87. The van der Waals surface area contributed by atoms with Gasteiger partial charge in [0, 0.05) is 30.7 Å². The highest BCUT2D eigenvalue weighted by atomic mass is 32.2. The zero-order valence-corrected chi connectivity index (χ0v) is 13.1. The zero-order chi connectivity index (χ0) is 15.4. The van der Waals surface area contributed by atoms with Crippen LogP contribution >= 0.6 is 11.8 Å². The fourth-order valence-electron chi connectivity index (χ4n) is 1.86. The molecule has 0 aromatic heterocycles. The van der Waals surface area contributed by atoms with Gasteiger partial charge in [-0.05, 0) is 30.5 Å². The number of rotatable bonds is 4. The highest BCUT2D eigenvalue weighted by Gasteiger charge is 2.16. The van der Waals surface area contributed by atoms with Crippen LogP contribution in [0.2, 0.25) is 0 Å². The number of carbonyl (C=O) groups excluding carboxylic acids is 1. The van der Waals surface area contributed by atoms with Crippen molar-refractivity contribution < 1.29 is 9.53 Å². The number of hydrogen-bond donors (Lipinski definition) is 1. The Kier molecular flexibility index (Phi) is 4.75. The van der Waals surface area contributed by atoms with Crippen LogP contribution in [-0.4, -0.2) is 31.2 Å². The minimum Gasteiger partial charge on any atom is -0.455 e. The van der Waals surface area contributed by atoms with Crippen LogP contribution in [0.5, 0.6) is 11.5 Å². The van der Waals surface area contributed by atoms with Gasteiger partial charge in [-0.15, -0.1) is 11.8 Å². The van der Waals surface area contributed by atoms with Gasteiger partial charge in [-0.2, -0.15) is 0 Å². The van der Waals surface area contributed by atoms with E-state index < -0.39 is 0 Å². The molecule has 4 nitrogen and oxygen atoms in total. The number of carbonyl (C=O) groups is 1. The third kappa shape index (κ3) is 3.49. The molecular formula is C16H18N2O2S. The van der Waals surface area contributed by atoms with Crippen molar-refractivity contribution in [3.05, 3.63) is 48.0 Å². The summed E-state index contributed by atoms with van der Waals surface area (Å²) in [5, 5.41) is 0. The van der Waals surface area contributed by atoms with E-state index in [2.05, 4.69) is 0 Å². The van der Waals surface area contributed by atoms with Crippen LogP contribution in [0.4, 0.5) is 5.69 Å². The van der Waals surface area contributed by atoms with E-state index >= 15 is 0 Å². The lowest BCUT2D eigenvalue weighted by molar-refractivity contribution is 0.0825. The molecule has 0 radical (unpaired) electrons. The number of nitrogens with two attached hydrogens (primary N) is 1. The summed E-state index contributed by atoms with van der Waals surface area (Å²) >= 11 is 1.59. The molecule has 0 saturated carbocycles. The number of ether oxygens (including phenoxy) is 1. The van der Waals surface area contributed by atoms with E-state index in [0.29, 0.717) is 22.7 Å². The average Bonchev–Trinajstić information content (AvgIpc) is 2.47. The second-order valence-electron chi connectivity index (χ2n) is 4.71. The zero-order valence-electron chi connectivity index (χ0n) is 12.3. The second kappa shape index (κ2) is 6.54. The Labute approximate surface area is 128 Å². The number of amides is 1. The van der Waals surface area contributed by atoms with Gasteiger partial charge in [0.15, 0.2) is 0 Å². The van der Waals surface area contributed by atoms with E-state index in [9.17, 15) is 4.79 Å². The van der Waals surface area contributed by atoms with Gasteiger partial charge in [0.2, 0.25) is 0 Å². The average molecular weight is 302 g/mol. The van der Waals surface area contributed by atoms with Gasteiger partial charge in [-0.25, -0.2) is 0 Å². The molecule has 0 unspecified atom stereocenters. The predicted molar refractivity (Wildman–Crippen MR) is 87.2 cm³/mol. The lowest BCUT2D eigenvalue weighted by Gasteiger charge is -2.16. The van der Waals surface area contributed by atoms with Crippen molar-refractivity contribution in [2.45, 2.75) is 4.90 Å².